The minimum atomic E-state index is -0.251. The maximum Gasteiger partial charge on any atom is 0.258 e. The Bertz CT molecular complexity index is 1140. The highest BCUT2D eigenvalue weighted by atomic mass is 35.5. The number of benzene rings is 2. The first-order valence-electron chi connectivity index (χ1n) is 10.0. The van der Waals surface area contributed by atoms with Gasteiger partial charge in [0.25, 0.3) is 11.5 Å². The summed E-state index contributed by atoms with van der Waals surface area (Å²) < 4.78 is 7.10. The second-order valence-corrected chi connectivity index (χ2v) is 7.88. The molecule has 0 bridgehead atoms. The first kappa shape index (κ1) is 20.6. The molecule has 2 heterocycles. The van der Waals surface area contributed by atoms with E-state index in [2.05, 4.69) is 10.2 Å². The number of morpholine rings is 1. The maximum absolute atomic E-state index is 13.0. The van der Waals surface area contributed by atoms with Gasteiger partial charge in [-0.3, -0.25) is 14.5 Å². The lowest BCUT2D eigenvalue weighted by Gasteiger charge is -2.26. The number of carbonyl (C=O) groups is 1. The first-order chi connectivity index (χ1) is 14.5. The van der Waals surface area contributed by atoms with Gasteiger partial charge in [-0.05, 0) is 42.8 Å². The number of halogens is 1. The second kappa shape index (κ2) is 9.00. The van der Waals surface area contributed by atoms with Crippen LogP contribution >= 0.6 is 11.6 Å². The molecule has 1 amide bonds. The summed E-state index contributed by atoms with van der Waals surface area (Å²) in [5.41, 5.74) is 1.89. The van der Waals surface area contributed by atoms with Crippen LogP contribution in [0.15, 0.2) is 53.5 Å². The van der Waals surface area contributed by atoms with Crippen LogP contribution in [0.4, 0.5) is 5.69 Å². The molecule has 2 aromatic carbocycles. The molecule has 0 unspecified atom stereocenters. The Kier molecular flexibility index (Phi) is 6.18. The lowest BCUT2D eigenvalue weighted by molar-refractivity contribution is 0.0363. The number of hydrogen-bond acceptors (Lipinski definition) is 4. The average Bonchev–Trinajstić information content (AvgIpc) is 2.76. The topological polar surface area (TPSA) is 63.6 Å². The van der Waals surface area contributed by atoms with Gasteiger partial charge in [-0.25, -0.2) is 0 Å². The van der Waals surface area contributed by atoms with Crippen molar-refractivity contribution < 1.29 is 9.53 Å². The van der Waals surface area contributed by atoms with Crippen molar-refractivity contribution in [1.29, 1.82) is 0 Å². The number of pyridine rings is 1. The average molecular weight is 426 g/mol. The third kappa shape index (κ3) is 4.41. The predicted molar refractivity (Wildman–Crippen MR) is 120 cm³/mol. The van der Waals surface area contributed by atoms with Crippen LogP contribution in [0, 0.1) is 6.92 Å². The Labute approximate surface area is 180 Å². The zero-order valence-electron chi connectivity index (χ0n) is 16.9. The van der Waals surface area contributed by atoms with E-state index in [0.717, 1.165) is 43.8 Å². The van der Waals surface area contributed by atoms with Gasteiger partial charge in [-0.15, -0.1) is 0 Å². The summed E-state index contributed by atoms with van der Waals surface area (Å²) in [7, 11) is 0. The Morgan fingerprint density at radius 2 is 1.90 bits per heavy atom. The number of aryl methyl sites for hydroxylation is 1. The molecule has 1 aliphatic rings. The molecule has 0 saturated carbocycles. The second-order valence-electron chi connectivity index (χ2n) is 7.45. The van der Waals surface area contributed by atoms with Gasteiger partial charge >= 0.3 is 0 Å². The number of fused-ring (bicyclic) bond motifs is 1. The quantitative estimate of drug-likeness (QED) is 0.679. The molecule has 0 radical (unpaired) electrons. The van der Waals surface area contributed by atoms with Gasteiger partial charge in [0.2, 0.25) is 0 Å². The Hall–Kier alpha value is -2.67. The van der Waals surface area contributed by atoms with Crippen molar-refractivity contribution in [3.63, 3.8) is 0 Å². The number of nitrogens with zero attached hydrogens (tertiary/aromatic N) is 2. The first-order valence-corrected chi connectivity index (χ1v) is 10.4. The largest absolute Gasteiger partial charge is 0.379 e. The fraction of sp³-hybridized carbons (Fsp3) is 0.304. The smallest absolute Gasteiger partial charge is 0.258 e. The number of nitrogens with one attached hydrogen (secondary N) is 1. The molecule has 3 aromatic rings. The van der Waals surface area contributed by atoms with E-state index in [4.69, 9.17) is 16.3 Å². The van der Waals surface area contributed by atoms with Crippen LogP contribution in [0.5, 0.6) is 0 Å². The third-order valence-corrected chi connectivity index (χ3v) is 5.71. The highest BCUT2D eigenvalue weighted by molar-refractivity contribution is 6.31. The monoisotopic (exact) mass is 425 g/mol. The zero-order valence-corrected chi connectivity index (χ0v) is 17.6. The number of rotatable bonds is 5. The summed E-state index contributed by atoms with van der Waals surface area (Å²) in [6, 6.07) is 12.5. The van der Waals surface area contributed by atoms with Crippen molar-refractivity contribution in [2.75, 3.05) is 38.2 Å². The molecule has 1 aliphatic heterocycles. The van der Waals surface area contributed by atoms with Gasteiger partial charge in [0.15, 0.2) is 0 Å². The Morgan fingerprint density at radius 3 is 2.70 bits per heavy atom. The molecule has 0 spiro atoms. The highest BCUT2D eigenvalue weighted by Crippen LogP contribution is 2.23. The molecule has 1 fully saturated rings. The number of ether oxygens (including phenoxy) is 1. The van der Waals surface area contributed by atoms with Gasteiger partial charge in [0.05, 0.1) is 13.2 Å². The van der Waals surface area contributed by atoms with Crippen molar-refractivity contribution in [2.45, 2.75) is 13.5 Å². The number of carbonyl (C=O) groups excluding carboxylic acids is 1. The fourth-order valence-corrected chi connectivity index (χ4v) is 3.88. The summed E-state index contributed by atoms with van der Waals surface area (Å²) in [5.74, 6) is -0.251. The fourth-order valence-electron chi connectivity index (χ4n) is 3.71. The summed E-state index contributed by atoms with van der Waals surface area (Å²) in [6.07, 6.45) is 1.80. The number of anilines is 1. The molecule has 0 atom stereocenters. The van der Waals surface area contributed by atoms with Crippen LogP contribution in [0.3, 0.4) is 0 Å². The van der Waals surface area contributed by atoms with Crippen LogP contribution in [0.25, 0.3) is 10.8 Å². The summed E-state index contributed by atoms with van der Waals surface area (Å²) in [4.78, 5) is 28.1. The van der Waals surface area contributed by atoms with Gasteiger partial charge in [0.1, 0.15) is 0 Å². The molecular formula is C23H24ClN3O3. The van der Waals surface area contributed by atoms with E-state index in [-0.39, 0.29) is 11.5 Å². The van der Waals surface area contributed by atoms with E-state index in [1.165, 1.54) is 0 Å². The molecule has 156 valence electrons. The van der Waals surface area contributed by atoms with E-state index < -0.39 is 0 Å². The van der Waals surface area contributed by atoms with Crippen LogP contribution in [0.1, 0.15) is 15.9 Å². The van der Waals surface area contributed by atoms with E-state index >= 15 is 0 Å². The summed E-state index contributed by atoms with van der Waals surface area (Å²) in [5, 5.41) is 4.74. The molecule has 0 aliphatic carbocycles. The van der Waals surface area contributed by atoms with E-state index in [1.807, 2.05) is 19.1 Å². The summed E-state index contributed by atoms with van der Waals surface area (Å²) >= 11 is 6.05. The minimum absolute atomic E-state index is 0.0594. The van der Waals surface area contributed by atoms with Crippen molar-refractivity contribution in [2.24, 2.45) is 0 Å². The highest BCUT2D eigenvalue weighted by Gasteiger charge is 2.14. The molecule has 1 aromatic heterocycles. The molecule has 1 N–H and O–H groups in total. The predicted octanol–water partition coefficient (Wildman–Crippen LogP) is 3.55. The minimum Gasteiger partial charge on any atom is -0.379 e. The third-order valence-electron chi connectivity index (χ3n) is 5.47. The lowest BCUT2D eigenvalue weighted by atomic mass is 10.1. The Morgan fingerprint density at radius 1 is 1.10 bits per heavy atom. The van der Waals surface area contributed by atoms with Crippen molar-refractivity contribution in [1.82, 2.24) is 9.47 Å². The summed E-state index contributed by atoms with van der Waals surface area (Å²) in [6.45, 7) is 6.54. The molecule has 6 nitrogen and oxygen atoms in total. The SMILES string of the molecule is Cc1ccc(Cl)cc1C(=O)Nc1cccc2c(=O)n(CCN3CCOCC3)ccc12. The molecular weight excluding hydrogens is 402 g/mol. The zero-order chi connectivity index (χ0) is 21.1. The number of hydrogen-bond donors (Lipinski definition) is 1. The number of amides is 1. The van der Waals surface area contributed by atoms with Gasteiger partial charge in [-0.2, -0.15) is 0 Å². The maximum atomic E-state index is 13.0. The van der Waals surface area contributed by atoms with E-state index in [9.17, 15) is 9.59 Å². The molecule has 7 heteroatoms. The normalized spacial score (nSPS) is 14.7. The Balaban J connectivity index is 1.58. The van der Waals surface area contributed by atoms with Gasteiger partial charge in [-0.1, -0.05) is 23.7 Å². The molecule has 1 saturated heterocycles. The standard InChI is InChI=1S/C23H24ClN3O3/c1-16-5-6-17(24)15-20(16)22(28)25-21-4-2-3-19-18(21)7-8-27(23(19)29)10-9-26-11-13-30-14-12-26/h2-8,15H,9-14H2,1H3,(H,25,28). The number of aromatic nitrogens is 1. The van der Waals surface area contributed by atoms with Crippen molar-refractivity contribution in [3.05, 3.63) is 75.2 Å². The molecule has 4 rings (SSSR count). The van der Waals surface area contributed by atoms with Crippen LogP contribution in [-0.4, -0.2) is 48.2 Å². The van der Waals surface area contributed by atoms with Gasteiger partial charge in [0, 0.05) is 59.4 Å². The van der Waals surface area contributed by atoms with Crippen LogP contribution in [0.2, 0.25) is 5.02 Å². The van der Waals surface area contributed by atoms with Crippen LogP contribution in [-0.2, 0) is 11.3 Å². The van der Waals surface area contributed by atoms with E-state index in [1.54, 1.807) is 41.1 Å². The van der Waals surface area contributed by atoms with Crippen molar-refractivity contribution >= 4 is 34.0 Å². The van der Waals surface area contributed by atoms with E-state index in [0.29, 0.717) is 28.2 Å². The molecule has 30 heavy (non-hydrogen) atoms. The lowest BCUT2D eigenvalue weighted by Crippen LogP contribution is -2.39. The van der Waals surface area contributed by atoms with Gasteiger partial charge < -0.3 is 14.6 Å². The van der Waals surface area contributed by atoms with Crippen molar-refractivity contribution in [3.8, 4) is 0 Å². The van der Waals surface area contributed by atoms with Crippen LogP contribution < -0.4 is 10.9 Å².